The smallest absolute Gasteiger partial charge is 0.326 e. The van der Waals surface area contributed by atoms with Crippen LogP contribution in [0.15, 0.2) is 30.3 Å². The Labute approximate surface area is 163 Å². The van der Waals surface area contributed by atoms with E-state index in [-0.39, 0.29) is 25.7 Å². The number of hydrogen-bond acceptors (Lipinski definition) is 5. The number of unbranched alkanes of at least 4 members (excludes halogenated alkanes) is 1. The number of benzene rings is 1. The molecule has 9 heteroatoms. The van der Waals surface area contributed by atoms with Gasteiger partial charge < -0.3 is 26.6 Å². The summed E-state index contributed by atoms with van der Waals surface area (Å²) in [5.74, 6) is -3.51. The summed E-state index contributed by atoms with van der Waals surface area (Å²) in [6.07, 6.45) is 0.931. The fourth-order valence-electron chi connectivity index (χ4n) is 2.57. The molecule has 9 nitrogen and oxygen atoms in total. The lowest BCUT2D eigenvalue weighted by atomic mass is 10.0. The molecule has 0 aromatic heterocycles. The molecule has 0 unspecified atom stereocenters. The molecule has 0 heterocycles. The number of carboxylic acid groups (broad SMARTS) is 2. The third kappa shape index (κ3) is 9.13. The molecule has 0 aliphatic rings. The molecular weight excluding hydrogens is 366 g/mol. The van der Waals surface area contributed by atoms with Crippen LogP contribution in [-0.4, -0.2) is 52.6 Å². The Balaban J connectivity index is 2.82. The Bertz CT molecular complexity index is 665. The average molecular weight is 393 g/mol. The van der Waals surface area contributed by atoms with Crippen LogP contribution in [-0.2, 0) is 25.6 Å². The quantitative estimate of drug-likeness (QED) is 0.301. The zero-order valence-electron chi connectivity index (χ0n) is 15.6. The van der Waals surface area contributed by atoms with Crippen molar-refractivity contribution in [3.63, 3.8) is 0 Å². The van der Waals surface area contributed by atoms with E-state index in [0.29, 0.717) is 19.4 Å². The maximum atomic E-state index is 12.6. The van der Waals surface area contributed by atoms with Crippen molar-refractivity contribution in [1.82, 2.24) is 10.6 Å². The summed E-state index contributed by atoms with van der Waals surface area (Å²) in [6, 6.07) is 6.82. The van der Waals surface area contributed by atoms with Gasteiger partial charge in [-0.25, -0.2) is 4.79 Å². The van der Waals surface area contributed by atoms with Gasteiger partial charge in [-0.15, -0.1) is 0 Å². The van der Waals surface area contributed by atoms with Crippen LogP contribution < -0.4 is 16.4 Å². The summed E-state index contributed by atoms with van der Waals surface area (Å²) < 4.78 is 0. The lowest BCUT2D eigenvalue weighted by Gasteiger charge is -2.21. The van der Waals surface area contributed by atoms with Crippen molar-refractivity contribution in [1.29, 1.82) is 0 Å². The summed E-state index contributed by atoms with van der Waals surface area (Å²) in [7, 11) is 0. The van der Waals surface area contributed by atoms with Gasteiger partial charge >= 0.3 is 11.9 Å². The number of amides is 2. The van der Waals surface area contributed by atoms with Crippen molar-refractivity contribution in [2.75, 3.05) is 6.54 Å². The molecule has 0 saturated heterocycles. The molecule has 1 aromatic rings. The maximum absolute atomic E-state index is 12.6. The first-order chi connectivity index (χ1) is 13.3. The SMILES string of the molecule is NCCCC[C@H](NC(=O)[C@H](Cc1ccccc1)NC(=O)CCC(=O)O)C(=O)O. The number of carbonyl (C=O) groups is 4. The van der Waals surface area contributed by atoms with Crippen LogP contribution in [0.2, 0.25) is 0 Å². The zero-order valence-corrected chi connectivity index (χ0v) is 15.6. The highest BCUT2D eigenvalue weighted by Gasteiger charge is 2.26. The molecule has 0 fully saturated rings. The second kappa shape index (κ2) is 12.4. The number of carbonyl (C=O) groups excluding carboxylic acids is 2. The van der Waals surface area contributed by atoms with Crippen LogP contribution in [0.25, 0.3) is 0 Å². The van der Waals surface area contributed by atoms with Gasteiger partial charge in [-0.2, -0.15) is 0 Å². The molecule has 28 heavy (non-hydrogen) atoms. The molecule has 2 amide bonds. The first-order valence-corrected chi connectivity index (χ1v) is 9.11. The van der Waals surface area contributed by atoms with Crippen molar-refractivity contribution in [3.05, 3.63) is 35.9 Å². The Morgan fingerprint density at radius 2 is 1.61 bits per heavy atom. The molecule has 0 spiro atoms. The Hall–Kier alpha value is -2.94. The summed E-state index contributed by atoms with van der Waals surface area (Å²) in [5.41, 5.74) is 6.18. The topological polar surface area (TPSA) is 159 Å². The third-order valence-electron chi connectivity index (χ3n) is 4.06. The number of rotatable bonds is 13. The van der Waals surface area contributed by atoms with Crippen molar-refractivity contribution in [2.45, 2.75) is 50.6 Å². The van der Waals surface area contributed by atoms with Crippen molar-refractivity contribution in [3.8, 4) is 0 Å². The molecule has 1 rings (SSSR count). The minimum Gasteiger partial charge on any atom is -0.481 e. The van der Waals surface area contributed by atoms with Crippen LogP contribution >= 0.6 is 0 Å². The maximum Gasteiger partial charge on any atom is 0.326 e. The van der Waals surface area contributed by atoms with Gasteiger partial charge in [0.2, 0.25) is 11.8 Å². The molecule has 0 bridgehead atoms. The highest BCUT2D eigenvalue weighted by Crippen LogP contribution is 2.07. The molecule has 2 atom stereocenters. The van der Waals surface area contributed by atoms with Crippen molar-refractivity contribution < 1.29 is 29.4 Å². The molecule has 0 aliphatic heterocycles. The van der Waals surface area contributed by atoms with E-state index < -0.39 is 35.8 Å². The van der Waals surface area contributed by atoms with Gasteiger partial charge in [-0.3, -0.25) is 14.4 Å². The first-order valence-electron chi connectivity index (χ1n) is 9.11. The molecular formula is C19H27N3O6. The summed E-state index contributed by atoms with van der Waals surface area (Å²) in [6.45, 7) is 0.427. The Morgan fingerprint density at radius 3 is 2.18 bits per heavy atom. The Kier molecular flexibility index (Phi) is 10.3. The van der Waals surface area contributed by atoms with Gasteiger partial charge in [0.15, 0.2) is 0 Å². The summed E-state index contributed by atoms with van der Waals surface area (Å²) in [5, 5.41) is 23.0. The van der Waals surface area contributed by atoms with Gasteiger partial charge in [-0.1, -0.05) is 30.3 Å². The summed E-state index contributed by atoms with van der Waals surface area (Å²) in [4.78, 5) is 46.7. The minimum atomic E-state index is -1.17. The predicted octanol–water partition coefficient (Wildman–Crippen LogP) is 0.277. The average Bonchev–Trinajstić information content (AvgIpc) is 2.65. The number of nitrogens with two attached hydrogens (primary N) is 1. The van der Waals surface area contributed by atoms with E-state index in [9.17, 15) is 24.3 Å². The van der Waals surface area contributed by atoms with Crippen LogP contribution in [0.4, 0.5) is 0 Å². The molecule has 0 saturated carbocycles. The lowest BCUT2D eigenvalue weighted by Crippen LogP contribution is -2.52. The van der Waals surface area contributed by atoms with Crippen LogP contribution in [0.1, 0.15) is 37.7 Å². The van der Waals surface area contributed by atoms with Crippen LogP contribution in [0.3, 0.4) is 0 Å². The van der Waals surface area contributed by atoms with E-state index in [1.165, 1.54) is 0 Å². The second-order valence-corrected chi connectivity index (χ2v) is 6.39. The highest BCUT2D eigenvalue weighted by molar-refractivity contribution is 5.91. The normalized spacial score (nSPS) is 12.6. The van der Waals surface area contributed by atoms with E-state index in [1.807, 2.05) is 6.07 Å². The predicted molar refractivity (Wildman–Crippen MR) is 101 cm³/mol. The van der Waals surface area contributed by atoms with Crippen molar-refractivity contribution in [2.24, 2.45) is 5.73 Å². The minimum absolute atomic E-state index is 0.153. The number of carboxylic acids is 2. The number of nitrogens with one attached hydrogen (secondary N) is 2. The van der Waals surface area contributed by atoms with E-state index in [2.05, 4.69) is 10.6 Å². The zero-order chi connectivity index (χ0) is 20.9. The van der Waals surface area contributed by atoms with Gasteiger partial charge in [-0.05, 0) is 31.4 Å². The van der Waals surface area contributed by atoms with Crippen LogP contribution in [0, 0.1) is 0 Å². The summed E-state index contributed by atoms with van der Waals surface area (Å²) >= 11 is 0. The second-order valence-electron chi connectivity index (χ2n) is 6.39. The van der Waals surface area contributed by atoms with E-state index in [1.54, 1.807) is 24.3 Å². The largest absolute Gasteiger partial charge is 0.481 e. The van der Waals surface area contributed by atoms with Gasteiger partial charge in [0, 0.05) is 12.8 Å². The molecule has 6 N–H and O–H groups in total. The van der Waals surface area contributed by atoms with Crippen LogP contribution in [0.5, 0.6) is 0 Å². The number of aliphatic carboxylic acids is 2. The lowest BCUT2D eigenvalue weighted by molar-refractivity contribution is -0.142. The van der Waals surface area contributed by atoms with Gasteiger partial charge in [0.1, 0.15) is 12.1 Å². The van der Waals surface area contributed by atoms with E-state index in [4.69, 9.17) is 10.8 Å². The standard InChI is InChI=1S/C19H27N3O6/c20-11-5-4-8-14(19(27)28)22-18(26)15(12-13-6-2-1-3-7-13)21-16(23)9-10-17(24)25/h1-3,6-7,14-15H,4-5,8-12,20H2,(H,21,23)(H,22,26)(H,24,25)(H,27,28)/t14-,15-/m0/s1. The molecule has 0 aliphatic carbocycles. The highest BCUT2D eigenvalue weighted by atomic mass is 16.4. The molecule has 0 radical (unpaired) electrons. The molecule has 1 aromatic carbocycles. The fraction of sp³-hybridized carbons (Fsp3) is 0.474. The number of hydrogen-bond donors (Lipinski definition) is 5. The third-order valence-corrected chi connectivity index (χ3v) is 4.06. The van der Waals surface area contributed by atoms with Crippen molar-refractivity contribution >= 4 is 23.8 Å². The Morgan fingerprint density at radius 1 is 0.929 bits per heavy atom. The first kappa shape index (κ1) is 23.1. The van der Waals surface area contributed by atoms with Gasteiger partial charge in [0.25, 0.3) is 0 Å². The molecule has 154 valence electrons. The van der Waals surface area contributed by atoms with Gasteiger partial charge in [0.05, 0.1) is 6.42 Å². The van der Waals surface area contributed by atoms with E-state index >= 15 is 0 Å². The van der Waals surface area contributed by atoms with E-state index in [0.717, 1.165) is 5.56 Å². The fourth-order valence-corrected chi connectivity index (χ4v) is 2.57. The monoisotopic (exact) mass is 393 g/mol.